The molecule has 3 aromatic rings. The Morgan fingerprint density at radius 3 is 2.16 bits per heavy atom. The number of thioether (sulfide) groups is 1. The monoisotopic (exact) mass is 879 g/mol. The number of hydrogen-bond acceptors (Lipinski definition) is 16. The molecule has 2 fully saturated rings. The Balaban J connectivity index is 1.56. The molecule has 6 atom stereocenters. The van der Waals surface area contributed by atoms with E-state index in [-0.39, 0.29) is 24.4 Å². The van der Waals surface area contributed by atoms with Crippen LogP contribution in [0.25, 0.3) is 0 Å². The van der Waals surface area contributed by atoms with Crippen molar-refractivity contribution in [1.29, 1.82) is 0 Å². The largest absolute Gasteiger partial charge is 0.466 e. The molecule has 1 saturated carbocycles. The number of carbonyl (C=O) groups excluding carboxylic acids is 7. The van der Waals surface area contributed by atoms with Gasteiger partial charge in [0.05, 0.1) is 25.4 Å². The van der Waals surface area contributed by atoms with Crippen molar-refractivity contribution in [2.45, 2.75) is 133 Å². The second-order valence-corrected chi connectivity index (χ2v) is 16.7. The van der Waals surface area contributed by atoms with Gasteiger partial charge in [-0.25, -0.2) is 9.48 Å². The molecular formula is C43H53N5O13S. The highest BCUT2D eigenvalue weighted by atomic mass is 32.2. The van der Waals surface area contributed by atoms with E-state index in [4.69, 9.17) is 28.4 Å². The van der Waals surface area contributed by atoms with Crippen molar-refractivity contribution in [2.75, 3.05) is 13.7 Å². The lowest BCUT2D eigenvalue weighted by Gasteiger charge is -2.48. The first-order valence-corrected chi connectivity index (χ1v) is 21.1. The summed E-state index contributed by atoms with van der Waals surface area (Å²) in [6.07, 6.45) is 0.371. The van der Waals surface area contributed by atoms with Gasteiger partial charge in [0, 0.05) is 56.7 Å². The number of nitrogens with zero attached hydrogens (tertiary/aromatic N) is 3. The fourth-order valence-corrected chi connectivity index (χ4v) is 9.06. The average molecular weight is 880 g/mol. The van der Waals surface area contributed by atoms with Crippen LogP contribution in [0, 0.1) is 13.8 Å². The number of hydrogen-bond donors (Lipinski definition) is 2. The Kier molecular flexibility index (Phi) is 16.2. The van der Waals surface area contributed by atoms with E-state index >= 15 is 0 Å². The molecule has 1 saturated heterocycles. The van der Waals surface area contributed by atoms with E-state index < -0.39 is 83.6 Å². The van der Waals surface area contributed by atoms with Gasteiger partial charge in [-0.3, -0.25) is 28.8 Å². The molecule has 19 heteroatoms. The van der Waals surface area contributed by atoms with E-state index in [1.165, 1.54) is 23.7 Å². The minimum Gasteiger partial charge on any atom is -0.466 e. The third-order valence-corrected chi connectivity index (χ3v) is 11.6. The highest BCUT2D eigenvalue weighted by Gasteiger charge is 2.59. The fourth-order valence-electron chi connectivity index (χ4n) is 7.81. The van der Waals surface area contributed by atoms with Gasteiger partial charge in [-0.2, -0.15) is 0 Å². The van der Waals surface area contributed by atoms with Gasteiger partial charge < -0.3 is 39.1 Å². The Morgan fingerprint density at radius 2 is 1.56 bits per heavy atom. The van der Waals surface area contributed by atoms with Crippen LogP contribution in [0.15, 0.2) is 53.6 Å². The van der Waals surface area contributed by atoms with Crippen molar-refractivity contribution in [1.82, 2.24) is 25.6 Å². The van der Waals surface area contributed by atoms with Crippen LogP contribution in [0.4, 0.5) is 0 Å². The predicted octanol–water partition coefficient (Wildman–Crippen LogP) is 4.03. The molecule has 0 spiro atoms. The van der Waals surface area contributed by atoms with Gasteiger partial charge in [0.1, 0.15) is 24.5 Å². The molecule has 2 heterocycles. The first kappa shape index (κ1) is 47.2. The van der Waals surface area contributed by atoms with Crippen molar-refractivity contribution >= 4 is 53.4 Å². The molecule has 1 aliphatic heterocycles. The topological polar surface area (TPSA) is 230 Å². The molecule has 0 radical (unpaired) electrons. The second-order valence-electron chi connectivity index (χ2n) is 15.3. The number of ether oxygens (including phenoxy) is 6. The summed E-state index contributed by atoms with van der Waals surface area (Å²) in [4.78, 5) is 90.5. The molecular weight excluding hydrogens is 827 g/mol. The van der Waals surface area contributed by atoms with E-state index in [9.17, 15) is 33.6 Å². The number of aromatic nitrogens is 3. The number of carbonyl (C=O) groups is 7. The van der Waals surface area contributed by atoms with Crippen molar-refractivity contribution in [3.8, 4) is 5.75 Å². The minimum atomic E-state index is -2.01. The molecule has 5 rings (SSSR count). The first-order valence-electron chi connectivity index (χ1n) is 20.3. The van der Waals surface area contributed by atoms with E-state index in [1.54, 1.807) is 50.4 Å². The molecule has 62 heavy (non-hydrogen) atoms. The number of amides is 2. The van der Waals surface area contributed by atoms with Gasteiger partial charge in [0.2, 0.25) is 10.8 Å². The van der Waals surface area contributed by atoms with Gasteiger partial charge in [0.15, 0.2) is 12.2 Å². The van der Waals surface area contributed by atoms with Gasteiger partial charge in [-0.1, -0.05) is 54.4 Å². The van der Waals surface area contributed by atoms with E-state index in [2.05, 4.69) is 20.9 Å². The zero-order chi connectivity index (χ0) is 45.1. The minimum absolute atomic E-state index is 0.166. The summed E-state index contributed by atoms with van der Waals surface area (Å²) in [5.41, 5.74) is 1.93. The number of nitrogens with one attached hydrogen (secondary N) is 2. The molecule has 334 valence electrons. The van der Waals surface area contributed by atoms with Crippen molar-refractivity contribution in [3.63, 3.8) is 0 Å². The van der Waals surface area contributed by atoms with E-state index in [0.717, 1.165) is 77.4 Å². The Labute approximate surface area is 363 Å². The zero-order valence-electron chi connectivity index (χ0n) is 35.8. The van der Waals surface area contributed by atoms with Crippen molar-refractivity contribution in [3.05, 3.63) is 71.0 Å². The summed E-state index contributed by atoms with van der Waals surface area (Å²) in [6, 6.07) is 10.3. The third-order valence-electron chi connectivity index (χ3n) is 10.3. The smallest absolute Gasteiger partial charge is 0.349 e. The third kappa shape index (κ3) is 12.4. The number of aryl methyl sites for hydroxylation is 2. The SMILES string of the molecule is COC(=O)C1(Sc2ccccc2)C[C@H](OC(C)=O)[C@@H](NC(=O)Cn2cc(C3CCCCC3)nn2)C([C@H](OC(C)=O)[C@@H](CNC(=O)c2cc(C)c(OC(C)=O)c(C)c2)OC(C)=O)O1. The number of benzene rings is 2. The Hall–Kier alpha value is -5.82. The van der Waals surface area contributed by atoms with Gasteiger partial charge in [-0.15, -0.1) is 5.10 Å². The molecule has 2 aromatic carbocycles. The lowest BCUT2D eigenvalue weighted by Crippen LogP contribution is -2.68. The second kappa shape index (κ2) is 21.3. The molecule has 1 aromatic heterocycles. The summed E-state index contributed by atoms with van der Waals surface area (Å²) < 4.78 is 36.1. The summed E-state index contributed by atoms with van der Waals surface area (Å²) in [5.74, 6) is -4.70. The highest BCUT2D eigenvalue weighted by molar-refractivity contribution is 8.01. The van der Waals surface area contributed by atoms with Crippen LogP contribution >= 0.6 is 11.8 Å². The molecule has 1 aliphatic carbocycles. The maximum atomic E-state index is 14.0. The van der Waals surface area contributed by atoms with E-state index in [0.29, 0.717) is 21.8 Å². The van der Waals surface area contributed by atoms with Crippen LogP contribution in [0.3, 0.4) is 0 Å². The van der Waals surface area contributed by atoms with Crippen molar-refractivity contribution in [2.24, 2.45) is 0 Å². The summed E-state index contributed by atoms with van der Waals surface area (Å²) in [6.45, 7) is 7.11. The van der Waals surface area contributed by atoms with Gasteiger partial charge in [0.25, 0.3) is 5.91 Å². The Morgan fingerprint density at radius 1 is 0.903 bits per heavy atom. The summed E-state index contributed by atoms with van der Waals surface area (Å²) in [5, 5.41) is 14.1. The van der Waals surface area contributed by atoms with Crippen LogP contribution in [0.2, 0.25) is 0 Å². The van der Waals surface area contributed by atoms with Crippen LogP contribution in [-0.2, 0) is 59.0 Å². The molecule has 2 N–H and O–H groups in total. The lowest BCUT2D eigenvalue weighted by atomic mass is 9.87. The van der Waals surface area contributed by atoms with E-state index in [1.807, 2.05) is 0 Å². The quantitative estimate of drug-likeness (QED) is 0.118. The lowest BCUT2D eigenvalue weighted by molar-refractivity contribution is -0.220. The van der Waals surface area contributed by atoms with Crippen LogP contribution in [-0.4, -0.2) is 106 Å². The molecule has 18 nitrogen and oxygen atoms in total. The predicted molar refractivity (Wildman–Crippen MR) is 221 cm³/mol. The number of rotatable bonds is 16. The van der Waals surface area contributed by atoms with Gasteiger partial charge >= 0.3 is 29.8 Å². The molecule has 2 amide bonds. The molecule has 2 unspecified atom stereocenters. The van der Waals surface area contributed by atoms with Crippen LogP contribution in [0.5, 0.6) is 5.75 Å². The summed E-state index contributed by atoms with van der Waals surface area (Å²) in [7, 11) is 1.14. The van der Waals surface area contributed by atoms with Gasteiger partial charge in [-0.05, 0) is 62.1 Å². The fraction of sp³-hybridized carbons (Fsp3) is 0.512. The average Bonchev–Trinajstić information content (AvgIpc) is 3.68. The molecule has 2 aliphatic rings. The normalized spacial score (nSPS) is 21.0. The standard InChI is InChI=1S/C43H53N5O13S/c1-24-18-31(19-25(2)38(24)59-28(5)51)41(54)44-21-35(58-27(4)50)39(60-29(6)52)40-37(45-36(53)23-48-22-33(46-47-48)30-14-10-8-11-15-30)34(57-26(3)49)20-43(61-40,42(55)56-7)62-32-16-12-9-13-17-32/h9,12-13,16-19,22,30,34-35,37,39-40H,8,10-11,14-15,20-21,23H2,1-7H3,(H,44,54)(H,45,53)/t34-,35+,37+,39+,40?,43?/m0/s1. The number of methoxy groups -OCH3 is 1. The van der Waals surface area contributed by atoms with Crippen LogP contribution < -0.4 is 15.4 Å². The molecule has 0 bridgehead atoms. The maximum Gasteiger partial charge on any atom is 0.349 e. The van der Waals surface area contributed by atoms with Crippen molar-refractivity contribution < 1.29 is 62.0 Å². The maximum absolute atomic E-state index is 14.0. The first-order chi connectivity index (χ1) is 29.5. The highest BCUT2D eigenvalue weighted by Crippen LogP contribution is 2.46. The summed E-state index contributed by atoms with van der Waals surface area (Å²) >= 11 is 0.931. The number of esters is 5. The zero-order valence-corrected chi connectivity index (χ0v) is 36.6. The Bertz CT molecular complexity index is 2100. The van der Waals surface area contributed by atoms with Crippen LogP contribution in [0.1, 0.15) is 99.3 Å².